The average Bonchev–Trinajstić information content (AvgIpc) is 2.62. The van der Waals surface area contributed by atoms with Gasteiger partial charge in [-0.15, -0.1) is 0 Å². The summed E-state index contributed by atoms with van der Waals surface area (Å²) in [6.07, 6.45) is 1.94. The molecule has 0 amide bonds. The van der Waals surface area contributed by atoms with E-state index in [1.54, 1.807) is 11.6 Å². The van der Waals surface area contributed by atoms with Gasteiger partial charge in [-0.2, -0.15) is 5.10 Å². The highest BCUT2D eigenvalue weighted by atomic mass is 16.6. The summed E-state index contributed by atoms with van der Waals surface area (Å²) < 4.78 is 7.36. The van der Waals surface area contributed by atoms with Gasteiger partial charge in [-0.05, 0) is 46.2 Å². The lowest BCUT2D eigenvalue weighted by atomic mass is 9.82. The van der Waals surface area contributed by atoms with Crippen LogP contribution in [0.25, 0.3) is 0 Å². The highest BCUT2D eigenvalue weighted by molar-refractivity contribution is 5.45. The second kappa shape index (κ2) is 5.56. The van der Waals surface area contributed by atoms with Crippen molar-refractivity contribution in [2.45, 2.75) is 39.3 Å². The van der Waals surface area contributed by atoms with Gasteiger partial charge in [0.1, 0.15) is 11.8 Å². The van der Waals surface area contributed by atoms with Crippen molar-refractivity contribution in [3.05, 3.63) is 15.8 Å². The fourth-order valence-corrected chi connectivity index (χ4v) is 2.48. The first-order valence-corrected chi connectivity index (χ1v) is 6.59. The van der Waals surface area contributed by atoms with Crippen LogP contribution >= 0.6 is 0 Å². The molecule has 0 saturated heterocycles. The minimum absolute atomic E-state index is 0.00100. The van der Waals surface area contributed by atoms with Crippen LogP contribution in [0.2, 0.25) is 0 Å². The third kappa shape index (κ3) is 2.70. The molecule has 1 aliphatic rings. The van der Waals surface area contributed by atoms with Crippen LogP contribution in [0.1, 0.15) is 25.5 Å². The van der Waals surface area contributed by atoms with Gasteiger partial charge >= 0.3 is 5.69 Å². The smallest absolute Gasteiger partial charge is 0.353 e. The van der Waals surface area contributed by atoms with Gasteiger partial charge in [0, 0.05) is 6.54 Å². The van der Waals surface area contributed by atoms with E-state index in [0.29, 0.717) is 24.0 Å². The summed E-state index contributed by atoms with van der Waals surface area (Å²) in [5.74, 6) is 0.908. The molecule has 0 bridgehead atoms. The molecule has 0 radical (unpaired) electrons. The van der Waals surface area contributed by atoms with Crippen molar-refractivity contribution in [1.29, 1.82) is 0 Å². The topological polar surface area (TPSA) is 82.2 Å². The third-order valence-electron chi connectivity index (χ3n) is 3.50. The molecular formula is C12H20N4O3. The third-order valence-corrected chi connectivity index (χ3v) is 3.50. The van der Waals surface area contributed by atoms with Gasteiger partial charge in [0.15, 0.2) is 0 Å². The van der Waals surface area contributed by atoms with E-state index >= 15 is 0 Å². The second-order valence-corrected chi connectivity index (χ2v) is 4.95. The van der Waals surface area contributed by atoms with Crippen molar-refractivity contribution < 1.29 is 9.66 Å². The van der Waals surface area contributed by atoms with Crippen LogP contribution in [0.15, 0.2) is 0 Å². The van der Waals surface area contributed by atoms with Crippen LogP contribution in [0.5, 0.6) is 5.88 Å². The molecule has 0 unspecified atom stereocenters. The Balaban J connectivity index is 2.09. The number of aryl methyl sites for hydroxylation is 2. The van der Waals surface area contributed by atoms with Crippen LogP contribution < -0.4 is 10.1 Å². The highest BCUT2D eigenvalue weighted by Crippen LogP contribution is 2.36. The van der Waals surface area contributed by atoms with E-state index in [9.17, 15) is 10.1 Å². The zero-order valence-electron chi connectivity index (χ0n) is 11.5. The Bertz CT molecular complexity index is 466. The standard InChI is InChI=1S/C12H20N4O3/c1-4-15-12(11(16(17)18)8(2)14-15)19-10-5-9(6-10)7-13-3/h9-10,13H,4-7H2,1-3H3. The molecule has 0 aliphatic heterocycles. The molecule has 1 heterocycles. The zero-order valence-corrected chi connectivity index (χ0v) is 11.5. The minimum atomic E-state index is -0.409. The molecule has 19 heavy (non-hydrogen) atoms. The second-order valence-electron chi connectivity index (χ2n) is 4.95. The molecule has 1 fully saturated rings. The van der Waals surface area contributed by atoms with E-state index < -0.39 is 4.92 Å². The van der Waals surface area contributed by atoms with Crippen LogP contribution in [0.4, 0.5) is 5.69 Å². The molecule has 1 aromatic heterocycles. The van der Waals surface area contributed by atoms with Crippen molar-refractivity contribution in [3.63, 3.8) is 0 Å². The molecule has 7 nitrogen and oxygen atoms in total. The van der Waals surface area contributed by atoms with Crippen molar-refractivity contribution in [2.75, 3.05) is 13.6 Å². The number of hydrogen-bond donors (Lipinski definition) is 1. The minimum Gasteiger partial charge on any atom is -0.470 e. The number of nitrogens with one attached hydrogen (secondary N) is 1. The van der Waals surface area contributed by atoms with Crippen molar-refractivity contribution in [1.82, 2.24) is 15.1 Å². The maximum Gasteiger partial charge on any atom is 0.353 e. The summed E-state index contributed by atoms with van der Waals surface area (Å²) in [4.78, 5) is 10.7. The highest BCUT2D eigenvalue weighted by Gasteiger charge is 2.35. The summed E-state index contributed by atoms with van der Waals surface area (Å²) in [7, 11) is 1.93. The molecule has 1 aromatic rings. The number of hydrogen-bond acceptors (Lipinski definition) is 5. The Morgan fingerprint density at radius 1 is 1.58 bits per heavy atom. The molecule has 106 valence electrons. The summed E-state index contributed by atoms with van der Waals surface area (Å²) in [6, 6.07) is 0. The summed E-state index contributed by atoms with van der Waals surface area (Å²) in [6.45, 7) is 5.07. The lowest BCUT2D eigenvalue weighted by molar-refractivity contribution is -0.386. The quantitative estimate of drug-likeness (QED) is 0.624. The van der Waals surface area contributed by atoms with Gasteiger partial charge in [0.25, 0.3) is 5.88 Å². The van der Waals surface area contributed by atoms with E-state index in [0.717, 1.165) is 19.4 Å². The monoisotopic (exact) mass is 268 g/mol. The number of nitrogens with zero attached hydrogens (tertiary/aromatic N) is 3. The maximum atomic E-state index is 11.1. The molecule has 0 atom stereocenters. The normalized spacial score (nSPS) is 22.1. The summed E-state index contributed by atoms with van der Waals surface area (Å²) >= 11 is 0. The van der Waals surface area contributed by atoms with E-state index in [4.69, 9.17) is 4.74 Å². The predicted octanol–water partition coefficient (Wildman–Crippen LogP) is 1.50. The molecule has 0 aromatic carbocycles. The van der Waals surface area contributed by atoms with Gasteiger partial charge in [-0.1, -0.05) is 0 Å². The first kappa shape index (κ1) is 13.8. The van der Waals surface area contributed by atoms with Crippen LogP contribution in [0.3, 0.4) is 0 Å². The Kier molecular flexibility index (Phi) is 4.04. The number of ether oxygens (including phenoxy) is 1. The fourth-order valence-electron chi connectivity index (χ4n) is 2.48. The molecule has 1 aliphatic carbocycles. The maximum absolute atomic E-state index is 11.1. The molecule has 1 N–H and O–H groups in total. The number of aromatic nitrogens is 2. The lowest BCUT2D eigenvalue weighted by Crippen LogP contribution is -2.39. The SMILES string of the molecule is CCn1nc(C)c([N+](=O)[O-])c1OC1CC(CNC)C1. The lowest BCUT2D eigenvalue weighted by Gasteiger charge is -2.34. The van der Waals surface area contributed by atoms with Crippen molar-refractivity contribution in [3.8, 4) is 5.88 Å². The largest absolute Gasteiger partial charge is 0.470 e. The Labute approximate surface area is 112 Å². The van der Waals surface area contributed by atoms with Crippen molar-refractivity contribution >= 4 is 5.69 Å². The van der Waals surface area contributed by atoms with E-state index in [2.05, 4.69) is 10.4 Å². The van der Waals surface area contributed by atoms with E-state index in [1.165, 1.54) is 0 Å². The predicted molar refractivity (Wildman–Crippen MR) is 70.4 cm³/mol. The van der Waals surface area contributed by atoms with Gasteiger partial charge in [-0.25, -0.2) is 4.68 Å². The molecule has 1 saturated carbocycles. The molecule has 7 heteroatoms. The Hall–Kier alpha value is -1.63. The van der Waals surface area contributed by atoms with E-state index in [-0.39, 0.29) is 11.8 Å². The first-order chi connectivity index (χ1) is 9.06. The first-order valence-electron chi connectivity index (χ1n) is 6.59. The van der Waals surface area contributed by atoms with Gasteiger partial charge in [0.2, 0.25) is 0 Å². The van der Waals surface area contributed by atoms with Gasteiger partial charge in [0.05, 0.1) is 4.92 Å². The number of rotatable bonds is 6. The Morgan fingerprint density at radius 2 is 2.26 bits per heavy atom. The average molecular weight is 268 g/mol. The number of nitro groups is 1. The van der Waals surface area contributed by atoms with Crippen LogP contribution in [-0.2, 0) is 6.54 Å². The van der Waals surface area contributed by atoms with Gasteiger partial charge < -0.3 is 10.1 Å². The summed E-state index contributed by atoms with van der Waals surface area (Å²) in [5.41, 5.74) is 0.409. The van der Waals surface area contributed by atoms with E-state index in [1.807, 2.05) is 14.0 Å². The molecular weight excluding hydrogens is 248 g/mol. The molecule has 0 spiro atoms. The van der Waals surface area contributed by atoms with Gasteiger partial charge in [-0.3, -0.25) is 10.1 Å². The Morgan fingerprint density at radius 3 is 2.79 bits per heavy atom. The van der Waals surface area contributed by atoms with Crippen LogP contribution in [0, 0.1) is 23.0 Å². The fraction of sp³-hybridized carbons (Fsp3) is 0.750. The van der Waals surface area contributed by atoms with Crippen LogP contribution in [-0.4, -0.2) is 34.4 Å². The van der Waals surface area contributed by atoms with Crippen molar-refractivity contribution in [2.24, 2.45) is 5.92 Å². The summed E-state index contributed by atoms with van der Waals surface area (Å²) in [5, 5.41) is 18.4. The zero-order chi connectivity index (χ0) is 14.0. The molecule has 2 rings (SSSR count).